The van der Waals surface area contributed by atoms with Crippen LogP contribution in [0.2, 0.25) is 0 Å². The van der Waals surface area contributed by atoms with Crippen molar-refractivity contribution in [3.63, 3.8) is 0 Å². The molecule has 0 amide bonds. The van der Waals surface area contributed by atoms with Crippen molar-refractivity contribution in [2.75, 3.05) is 18.9 Å². The number of hydrogen-bond donors (Lipinski definition) is 6. The van der Waals surface area contributed by atoms with E-state index in [0.29, 0.717) is 84.8 Å². The average Bonchev–Trinajstić information content (AvgIpc) is 1.45. The van der Waals surface area contributed by atoms with Crippen molar-refractivity contribution in [3.05, 3.63) is 245 Å². The van der Waals surface area contributed by atoms with Crippen LogP contribution in [0.5, 0.6) is 11.5 Å². The SMILES string of the molecule is C.CCOC(=O)C(=O)C(C)CC.CCOC(=O)c1[nH]c2ccc(F)cc2c(=O)c1C.Cc1c(-c2nc3ccc(-c4ccc(OC(F)(F)F)cc4)cn3n2)[nH]c2ccc(F)cc2c1=O.Cc1c(-c2nc3ccc(Br)cn3n2)[nH]c2ccc(F)cc2c1=O.Nc1ccc(F)cc1.O=C=O.OB(O)c1ccc(OC(F)(F)F)cc1.[B].[B][B]. The van der Waals surface area contributed by atoms with Crippen LogP contribution < -0.4 is 37.0 Å². The largest absolute Gasteiger partial charge is 0.573 e. The van der Waals surface area contributed by atoms with Gasteiger partial charge in [0.1, 0.15) is 40.5 Å². The first-order valence-electron chi connectivity index (χ1n) is 32.6. The Kier molecular flexibility index (Phi) is 35.3. The average molecular weight is 1640 g/mol. The van der Waals surface area contributed by atoms with Crippen LogP contribution in [0.15, 0.2) is 183 Å². The van der Waals surface area contributed by atoms with Crippen molar-refractivity contribution < 1.29 is 96.9 Å². The number of ketones is 1. The molecule has 1 unspecified atom stereocenters. The van der Waals surface area contributed by atoms with E-state index in [9.17, 15) is 72.7 Å². The predicted octanol–water partition coefficient (Wildman–Crippen LogP) is 12.6. The summed E-state index contributed by atoms with van der Waals surface area (Å²) in [4.78, 5) is 105. The van der Waals surface area contributed by atoms with Crippen molar-refractivity contribution in [2.45, 2.75) is 75.0 Å². The minimum absolute atomic E-state index is 0. The quantitative estimate of drug-likeness (QED) is 0.0217. The summed E-state index contributed by atoms with van der Waals surface area (Å²) in [6, 6.07) is 34.4. The van der Waals surface area contributed by atoms with Gasteiger partial charge in [-0.15, -0.1) is 36.5 Å². The molecular formula is C75H66B4BrF10N10O14. The van der Waals surface area contributed by atoms with Gasteiger partial charge in [-0.2, -0.15) is 9.59 Å². The molecule has 7 heterocycles. The van der Waals surface area contributed by atoms with E-state index in [0.717, 1.165) is 34.8 Å². The molecule has 0 aliphatic rings. The lowest BCUT2D eigenvalue weighted by atomic mass is 9.80. The molecule has 0 bridgehead atoms. The summed E-state index contributed by atoms with van der Waals surface area (Å²) in [7, 11) is 6.30. The standard InChI is InChI=1S/C23H14F4N4O2.C16H10BrFN4O.C13H12FNO3.C8H14O3.C7H6BF3O3.C6H6FN.CO2.CH4.B2.B/c1-12-20(28-18-8-5-15(24)10-17(18)21(12)32)22-29-19-9-4-14(11-31(19)30-22)13-2-6-16(7-3-13)33-23(25,26)27;1-8-14(16-20-13-5-2-9(17)7-22(13)21-16)19-12-4-3-10(18)6-11(12)15(8)23;1-3-18-13(17)11-7(2)12(16)9-6-8(14)4-5-10(9)15-11;1-4-6(3)7(9)8(10)11-5-2;9-7(10,11)14-6-3-1-5(2-4-6)8(12)13;7-5-1-3-6(8)4-2-5;2-1-3;;1-2;/h2-11H,1H3,(H,28,32);2-7H,1H3,(H,19,23);4-6H,3H2,1-2H3,(H,15,16);6H,4-5H2,1-3H3;1-4,12-13H;1-4H,8H2;;1H4;;. The molecule has 7 aromatic heterocycles. The number of rotatable bonds is 12. The van der Waals surface area contributed by atoms with E-state index in [4.69, 9.17) is 30.1 Å². The van der Waals surface area contributed by atoms with Gasteiger partial charge in [0.05, 0.1) is 41.2 Å². The summed E-state index contributed by atoms with van der Waals surface area (Å²) >= 11 is 3.38. The Balaban J connectivity index is 0.000000300. The van der Waals surface area contributed by atoms with Crippen molar-refractivity contribution in [3.8, 4) is 45.7 Å². The number of nitrogens with zero attached hydrogens (tertiary/aromatic N) is 6. The highest BCUT2D eigenvalue weighted by Gasteiger charge is 2.32. The summed E-state index contributed by atoms with van der Waals surface area (Å²) in [6.45, 7) is 12.2. The number of pyridine rings is 5. The van der Waals surface area contributed by atoms with E-state index in [1.54, 1.807) is 69.7 Å². The zero-order valence-corrected chi connectivity index (χ0v) is 61.9. The van der Waals surface area contributed by atoms with Crippen LogP contribution in [0.3, 0.4) is 0 Å². The Morgan fingerprint density at radius 1 is 0.570 bits per heavy atom. The maximum absolute atomic E-state index is 13.5. The van der Waals surface area contributed by atoms with E-state index >= 15 is 0 Å². The number of fused-ring (bicyclic) bond motifs is 5. The number of benzene rings is 6. The molecule has 24 nitrogen and oxygen atoms in total. The van der Waals surface area contributed by atoms with Crippen LogP contribution in [-0.2, 0) is 28.7 Å². The Labute approximate surface area is 654 Å². The van der Waals surface area contributed by atoms with Gasteiger partial charge < -0.3 is 49.7 Å². The van der Waals surface area contributed by atoms with Crippen molar-refractivity contribution >= 4 is 126 Å². The molecule has 7 N–H and O–H groups in total. The summed E-state index contributed by atoms with van der Waals surface area (Å²) in [6.07, 6.45) is -5.10. The fraction of sp³-hybridized carbons (Fsp3) is 0.187. The van der Waals surface area contributed by atoms with E-state index in [-0.39, 0.29) is 102 Å². The number of nitrogens with one attached hydrogen (secondary N) is 3. The lowest BCUT2D eigenvalue weighted by molar-refractivity contribution is -0.275. The molecule has 13 rings (SSSR count). The first-order chi connectivity index (χ1) is 53.0. The number of Topliss-reactive ketones (excluding diaryl/α,β-unsaturated/α-hetero) is 1. The smallest absolute Gasteiger partial charge is 0.461 e. The first-order valence-corrected chi connectivity index (χ1v) is 33.4. The van der Waals surface area contributed by atoms with Gasteiger partial charge in [-0.25, -0.2) is 46.1 Å². The van der Waals surface area contributed by atoms with Gasteiger partial charge in [-0.3, -0.25) is 19.2 Å². The molecule has 114 heavy (non-hydrogen) atoms. The summed E-state index contributed by atoms with van der Waals surface area (Å²) < 4.78 is 145. The number of halogens is 11. The highest BCUT2D eigenvalue weighted by molar-refractivity contribution is 9.10. The van der Waals surface area contributed by atoms with E-state index < -0.39 is 60.8 Å². The zero-order chi connectivity index (χ0) is 83.1. The molecule has 0 saturated carbocycles. The molecule has 6 aromatic carbocycles. The Bertz CT molecular complexity index is 5680. The number of ether oxygens (including phenoxy) is 4. The third kappa shape index (κ3) is 26.1. The first kappa shape index (κ1) is 93.9. The van der Waals surface area contributed by atoms with Gasteiger partial charge in [0.2, 0.25) is 5.78 Å². The zero-order valence-electron chi connectivity index (χ0n) is 60.3. The molecule has 0 fully saturated rings. The van der Waals surface area contributed by atoms with Crippen LogP contribution in [0, 0.1) is 50.0 Å². The third-order valence-electron chi connectivity index (χ3n) is 15.4. The number of nitrogen functional groups attached to an aromatic ring is 1. The molecule has 589 valence electrons. The number of carbonyl (C=O) groups excluding carboxylic acids is 5. The van der Waals surface area contributed by atoms with Crippen LogP contribution in [0.25, 0.3) is 78.2 Å². The molecule has 7 radical (unpaired) electrons. The lowest BCUT2D eigenvalue weighted by Gasteiger charge is -2.09. The fourth-order valence-electron chi connectivity index (χ4n) is 9.79. The van der Waals surface area contributed by atoms with Crippen LogP contribution in [-0.4, -0.2) is 135 Å². The van der Waals surface area contributed by atoms with Crippen LogP contribution in [0.1, 0.15) is 68.7 Å². The maximum Gasteiger partial charge on any atom is 0.573 e. The van der Waals surface area contributed by atoms with Crippen molar-refractivity contribution in [2.24, 2.45) is 5.92 Å². The van der Waals surface area contributed by atoms with E-state index in [1.807, 2.05) is 19.1 Å². The van der Waals surface area contributed by atoms with Gasteiger partial charge in [0, 0.05) is 90.8 Å². The number of aromatic nitrogens is 9. The van der Waals surface area contributed by atoms with Gasteiger partial charge in [-0.05, 0) is 195 Å². The monoisotopic (exact) mass is 1640 g/mol. The van der Waals surface area contributed by atoms with Gasteiger partial charge in [0.25, 0.3) is 0 Å². The number of H-pyrrole nitrogens is 3. The molecule has 1 atom stereocenters. The molecule has 0 saturated heterocycles. The van der Waals surface area contributed by atoms with Crippen molar-refractivity contribution in [1.82, 2.24) is 44.1 Å². The van der Waals surface area contributed by atoms with E-state index in [1.165, 1.54) is 102 Å². The maximum atomic E-state index is 13.5. The topological polar surface area (TPSA) is 348 Å². The number of nitrogens with two attached hydrogens (primary N) is 1. The lowest BCUT2D eigenvalue weighted by Crippen LogP contribution is -2.29. The number of esters is 2. The molecular weight excluding hydrogens is 1580 g/mol. The van der Waals surface area contributed by atoms with E-state index in [2.05, 4.69) is 80.7 Å². The molecule has 0 spiro atoms. The fourth-order valence-corrected chi connectivity index (χ4v) is 10.1. The highest BCUT2D eigenvalue weighted by atomic mass is 79.9. The third-order valence-corrected chi connectivity index (χ3v) is 15.9. The Morgan fingerprint density at radius 2 is 0.956 bits per heavy atom. The van der Waals surface area contributed by atoms with Gasteiger partial charge in [0.15, 0.2) is 39.2 Å². The Hall–Kier alpha value is -12.5. The molecule has 39 heteroatoms. The Morgan fingerprint density at radius 3 is 1.36 bits per heavy atom. The predicted molar refractivity (Wildman–Crippen MR) is 411 cm³/mol. The summed E-state index contributed by atoms with van der Waals surface area (Å²) in [5, 5.41) is 26.9. The highest BCUT2D eigenvalue weighted by Crippen LogP contribution is 2.29. The summed E-state index contributed by atoms with van der Waals surface area (Å²) in [5.74, 6) is -3.62. The second-order valence-electron chi connectivity index (χ2n) is 23.0. The second-order valence-corrected chi connectivity index (χ2v) is 23.9. The van der Waals surface area contributed by atoms with Crippen LogP contribution in [0.4, 0.5) is 49.6 Å². The van der Waals surface area contributed by atoms with Crippen molar-refractivity contribution in [1.29, 1.82) is 0 Å². The molecule has 13 aromatic rings. The number of carbonyl (C=O) groups is 3. The minimum Gasteiger partial charge on any atom is -0.461 e. The normalized spacial score (nSPS) is 10.7. The van der Waals surface area contributed by atoms with Gasteiger partial charge in [-0.1, -0.05) is 45.5 Å². The minimum atomic E-state index is -4.76. The number of hydrogen-bond acceptors (Lipinski definition) is 19. The summed E-state index contributed by atoms with van der Waals surface area (Å²) in [5.41, 5.74) is 11.1. The number of alkyl halides is 6. The number of anilines is 1. The molecule has 0 aliphatic heterocycles. The van der Waals surface area contributed by atoms with Crippen LogP contribution >= 0.6 is 15.9 Å². The number of aromatic amines is 3. The second kappa shape index (κ2) is 42.8. The molecule has 0 aliphatic carbocycles. The van der Waals surface area contributed by atoms with Gasteiger partial charge >= 0.3 is 37.9 Å².